The van der Waals surface area contributed by atoms with Gasteiger partial charge in [0.05, 0.1) is 0 Å². The van der Waals surface area contributed by atoms with E-state index in [4.69, 9.17) is 16.3 Å². The molecule has 2 aliphatic rings. The van der Waals surface area contributed by atoms with Crippen molar-refractivity contribution in [3.05, 3.63) is 17.5 Å². The lowest BCUT2D eigenvalue weighted by molar-refractivity contribution is 0.0266. The fraction of sp³-hybridized carbons (Fsp3) is 0.706. The van der Waals surface area contributed by atoms with Crippen molar-refractivity contribution in [2.75, 3.05) is 31.1 Å². The lowest BCUT2D eigenvalue weighted by atomic mass is 9.78. The van der Waals surface area contributed by atoms with E-state index in [0.717, 1.165) is 51.3 Å². The van der Waals surface area contributed by atoms with E-state index in [-0.39, 0.29) is 16.8 Å². The van der Waals surface area contributed by atoms with E-state index in [1.807, 2.05) is 31.7 Å². The van der Waals surface area contributed by atoms with Gasteiger partial charge in [0.2, 0.25) is 5.28 Å². The van der Waals surface area contributed by atoms with Crippen molar-refractivity contribution >= 4 is 23.5 Å². The summed E-state index contributed by atoms with van der Waals surface area (Å²) in [5.41, 5.74) is -0.229. The highest BCUT2D eigenvalue weighted by atomic mass is 35.5. The number of rotatable bonds is 1. The van der Waals surface area contributed by atoms with Crippen LogP contribution in [0.15, 0.2) is 12.3 Å². The summed E-state index contributed by atoms with van der Waals surface area (Å²) in [4.78, 5) is 24.6. The lowest BCUT2D eigenvalue weighted by Gasteiger charge is -2.39. The Labute approximate surface area is 148 Å². The van der Waals surface area contributed by atoms with Crippen LogP contribution in [0, 0.1) is 5.41 Å². The Bertz CT molecular complexity index is 609. The number of hydrogen-bond acceptors (Lipinski definition) is 5. The number of aromatic nitrogens is 2. The predicted molar refractivity (Wildman–Crippen MR) is 93.3 cm³/mol. The molecule has 1 amide bonds. The van der Waals surface area contributed by atoms with Crippen LogP contribution in [0.25, 0.3) is 0 Å². The molecule has 2 fully saturated rings. The molecule has 0 atom stereocenters. The van der Waals surface area contributed by atoms with Gasteiger partial charge >= 0.3 is 6.09 Å². The van der Waals surface area contributed by atoms with E-state index in [0.29, 0.717) is 0 Å². The summed E-state index contributed by atoms with van der Waals surface area (Å²) >= 11 is 5.88. The molecule has 132 valence electrons. The Balaban J connectivity index is 1.57. The molecule has 0 aliphatic carbocycles. The molecular formula is C17H25ClN4O2. The van der Waals surface area contributed by atoms with Crippen LogP contribution in [0.5, 0.6) is 0 Å². The fourth-order valence-corrected chi connectivity index (χ4v) is 3.68. The van der Waals surface area contributed by atoms with Gasteiger partial charge in [0.15, 0.2) is 0 Å². The van der Waals surface area contributed by atoms with Gasteiger partial charge in [0.25, 0.3) is 0 Å². The topological polar surface area (TPSA) is 58.6 Å². The van der Waals surface area contributed by atoms with Crippen molar-refractivity contribution in [1.29, 1.82) is 0 Å². The second-order valence-corrected chi connectivity index (χ2v) is 8.16. The SMILES string of the molecule is CC(C)(C)OC(=O)N1CCC2(CCN(c3ccnc(Cl)n3)CC2)C1. The van der Waals surface area contributed by atoms with Crippen LogP contribution in [-0.2, 0) is 4.74 Å². The van der Waals surface area contributed by atoms with E-state index in [2.05, 4.69) is 14.9 Å². The number of halogens is 1. The minimum Gasteiger partial charge on any atom is -0.444 e. The molecule has 6 nitrogen and oxygen atoms in total. The zero-order chi connectivity index (χ0) is 17.4. The second-order valence-electron chi connectivity index (χ2n) is 7.82. The Morgan fingerprint density at radius 1 is 1.25 bits per heavy atom. The Kier molecular flexibility index (Phi) is 4.60. The number of ether oxygens (including phenoxy) is 1. The minimum atomic E-state index is -0.442. The van der Waals surface area contributed by atoms with Gasteiger partial charge in [0, 0.05) is 32.4 Å². The molecular weight excluding hydrogens is 328 g/mol. The summed E-state index contributed by atoms with van der Waals surface area (Å²) in [6.07, 6.45) is 4.64. The first-order valence-electron chi connectivity index (χ1n) is 8.48. The predicted octanol–water partition coefficient (Wildman–Crippen LogP) is 3.36. The van der Waals surface area contributed by atoms with E-state index in [9.17, 15) is 4.79 Å². The van der Waals surface area contributed by atoms with Crippen LogP contribution in [0.1, 0.15) is 40.0 Å². The lowest BCUT2D eigenvalue weighted by Crippen LogP contribution is -2.43. The van der Waals surface area contributed by atoms with E-state index in [1.54, 1.807) is 6.20 Å². The van der Waals surface area contributed by atoms with Gasteiger partial charge < -0.3 is 14.5 Å². The summed E-state index contributed by atoms with van der Waals surface area (Å²) in [6, 6.07) is 1.89. The van der Waals surface area contributed by atoms with Crippen molar-refractivity contribution in [1.82, 2.24) is 14.9 Å². The molecule has 0 unspecified atom stereocenters. The number of carbonyl (C=O) groups is 1. The molecule has 3 heterocycles. The standard InChI is InChI=1S/C17H25ClN4O2/c1-16(2,3)24-15(23)22-11-7-17(12-22)5-9-21(10-6-17)13-4-8-19-14(18)20-13/h4,8H,5-7,9-12H2,1-3H3. The summed E-state index contributed by atoms with van der Waals surface area (Å²) in [5.74, 6) is 0.881. The number of hydrogen-bond donors (Lipinski definition) is 0. The molecule has 0 bridgehead atoms. The normalized spacial score (nSPS) is 20.5. The highest BCUT2D eigenvalue weighted by Crippen LogP contribution is 2.41. The quantitative estimate of drug-likeness (QED) is 0.725. The number of nitrogens with zero attached hydrogens (tertiary/aromatic N) is 4. The maximum absolute atomic E-state index is 12.3. The average molecular weight is 353 g/mol. The van der Waals surface area contributed by atoms with E-state index >= 15 is 0 Å². The number of anilines is 1. The number of carbonyl (C=O) groups excluding carboxylic acids is 1. The third-order valence-electron chi connectivity index (χ3n) is 4.85. The van der Waals surface area contributed by atoms with Gasteiger partial charge in [-0.3, -0.25) is 0 Å². The van der Waals surface area contributed by atoms with Gasteiger partial charge in [0.1, 0.15) is 11.4 Å². The Morgan fingerprint density at radius 3 is 2.54 bits per heavy atom. The molecule has 2 saturated heterocycles. The molecule has 0 saturated carbocycles. The van der Waals surface area contributed by atoms with E-state index < -0.39 is 5.60 Å². The summed E-state index contributed by atoms with van der Waals surface area (Å²) in [7, 11) is 0. The zero-order valence-electron chi connectivity index (χ0n) is 14.6. The molecule has 1 aromatic rings. The minimum absolute atomic E-state index is 0.190. The smallest absolute Gasteiger partial charge is 0.410 e. The maximum Gasteiger partial charge on any atom is 0.410 e. The molecule has 0 aromatic carbocycles. The number of amides is 1. The third kappa shape index (κ3) is 3.91. The summed E-state index contributed by atoms with van der Waals surface area (Å²) in [5, 5.41) is 0.282. The first-order valence-corrected chi connectivity index (χ1v) is 8.86. The van der Waals surface area contributed by atoms with Crippen molar-refractivity contribution < 1.29 is 9.53 Å². The molecule has 1 spiro atoms. The molecule has 1 aromatic heterocycles. The van der Waals surface area contributed by atoms with Crippen LogP contribution < -0.4 is 4.90 Å². The van der Waals surface area contributed by atoms with Crippen LogP contribution in [0.4, 0.5) is 10.6 Å². The molecule has 24 heavy (non-hydrogen) atoms. The van der Waals surface area contributed by atoms with Gasteiger partial charge in [-0.05, 0) is 63.1 Å². The zero-order valence-corrected chi connectivity index (χ0v) is 15.3. The monoisotopic (exact) mass is 352 g/mol. The third-order valence-corrected chi connectivity index (χ3v) is 5.03. The summed E-state index contributed by atoms with van der Waals surface area (Å²) < 4.78 is 5.50. The van der Waals surface area contributed by atoms with Crippen molar-refractivity contribution in [2.45, 2.75) is 45.6 Å². The maximum atomic E-state index is 12.3. The van der Waals surface area contributed by atoms with Crippen molar-refractivity contribution in [3.63, 3.8) is 0 Å². The number of piperidine rings is 1. The van der Waals surface area contributed by atoms with Gasteiger partial charge in [-0.2, -0.15) is 0 Å². The van der Waals surface area contributed by atoms with Crippen molar-refractivity contribution in [3.8, 4) is 0 Å². The molecule has 3 rings (SSSR count). The average Bonchev–Trinajstić information content (AvgIpc) is 2.90. The van der Waals surface area contributed by atoms with Crippen molar-refractivity contribution in [2.24, 2.45) is 5.41 Å². The Hall–Kier alpha value is -1.56. The first-order chi connectivity index (χ1) is 11.3. The molecule has 0 N–H and O–H groups in total. The molecule has 2 aliphatic heterocycles. The van der Waals surface area contributed by atoms with E-state index in [1.165, 1.54) is 0 Å². The molecule has 7 heteroatoms. The molecule has 0 radical (unpaired) electrons. The fourth-order valence-electron chi connectivity index (χ4n) is 3.54. The van der Waals surface area contributed by atoms with Gasteiger partial charge in [-0.15, -0.1) is 0 Å². The second kappa shape index (κ2) is 6.39. The summed E-state index contributed by atoms with van der Waals surface area (Å²) in [6.45, 7) is 9.14. The van der Waals surface area contributed by atoms with Gasteiger partial charge in [-0.1, -0.05) is 0 Å². The highest BCUT2D eigenvalue weighted by molar-refractivity contribution is 6.28. The highest BCUT2D eigenvalue weighted by Gasteiger charge is 2.43. The van der Waals surface area contributed by atoms with Crippen LogP contribution in [0.3, 0.4) is 0 Å². The van der Waals surface area contributed by atoms with Crippen LogP contribution in [0.2, 0.25) is 5.28 Å². The first kappa shape index (κ1) is 17.3. The number of likely N-dealkylation sites (tertiary alicyclic amines) is 1. The van der Waals surface area contributed by atoms with Crippen LogP contribution >= 0.6 is 11.6 Å². The Morgan fingerprint density at radius 2 is 1.92 bits per heavy atom. The van der Waals surface area contributed by atoms with Crippen LogP contribution in [-0.4, -0.2) is 52.7 Å². The van der Waals surface area contributed by atoms with Gasteiger partial charge in [-0.25, -0.2) is 14.8 Å². The largest absolute Gasteiger partial charge is 0.444 e.